The number of rotatable bonds is 2. The number of piperazine rings is 1. The molecule has 0 aromatic heterocycles. The molecule has 3 rings (SSSR count). The first-order valence-electron chi connectivity index (χ1n) is 7.41. The van der Waals surface area contributed by atoms with E-state index in [4.69, 9.17) is 12.2 Å². The fraction of sp³-hybridized carbons (Fsp3) is 0.533. The smallest absolute Gasteiger partial charge is 0.368 e. The lowest BCUT2D eigenvalue weighted by Gasteiger charge is -2.37. The number of halogens is 3. The van der Waals surface area contributed by atoms with Gasteiger partial charge in [0.05, 0.1) is 5.56 Å². The molecule has 7 heteroatoms. The van der Waals surface area contributed by atoms with Crippen LogP contribution in [0.5, 0.6) is 0 Å². The predicted molar refractivity (Wildman–Crippen MR) is 84.0 cm³/mol. The first-order valence-corrected chi connectivity index (χ1v) is 7.82. The molecule has 1 aliphatic carbocycles. The Labute approximate surface area is 133 Å². The third-order valence-corrected chi connectivity index (χ3v) is 4.39. The fourth-order valence-corrected chi connectivity index (χ4v) is 2.89. The Balaban J connectivity index is 1.60. The third-order valence-electron chi connectivity index (χ3n) is 4.01. The minimum Gasteiger partial charge on any atom is -0.368 e. The molecular formula is C15H18F3N3S. The Morgan fingerprint density at radius 2 is 1.82 bits per heavy atom. The molecule has 1 aromatic carbocycles. The minimum absolute atomic E-state index is 0.522. The maximum absolute atomic E-state index is 12.8. The third kappa shape index (κ3) is 3.63. The van der Waals surface area contributed by atoms with Crippen LogP contribution in [-0.2, 0) is 6.18 Å². The highest BCUT2D eigenvalue weighted by Crippen LogP contribution is 2.31. The molecule has 1 aromatic rings. The van der Waals surface area contributed by atoms with Gasteiger partial charge in [-0.05, 0) is 43.3 Å². The van der Waals surface area contributed by atoms with Crippen molar-refractivity contribution < 1.29 is 13.2 Å². The van der Waals surface area contributed by atoms with Gasteiger partial charge in [-0.25, -0.2) is 0 Å². The molecule has 0 radical (unpaired) electrons. The molecule has 22 heavy (non-hydrogen) atoms. The summed E-state index contributed by atoms with van der Waals surface area (Å²) >= 11 is 5.36. The Morgan fingerprint density at radius 1 is 1.14 bits per heavy atom. The summed E-state index contributed by atoms with van der Waals surface area (Å²) in [7, 11) is 0. The van der Waals surface area contributed by atoms with Crippen molar-refractivity contribution in [3.63, 3.8) is 0 Å². The van der Waals surface area contributed by atoms with Crippen LogP contribution in [-0.4, -0.2) is 42.2 Å². The number of hydrogen-bond acceptors (Lipinski definition) is 2. The zero-order valence-corrected chi connectivity index (χ0v) is 12.9. The van der Waals surface area contributed by atoms with Crippen LogP contribution in [0.2, 0.25) is 0 Å². The average Bonchev–Trinajstić information content (AvgIpc) is 3.31. The number of benzene rings is 1. The predicted octanol–water partition coefficient (Wildman–Crippen LogP) is 2.86. The lowest BCUT2D eigenvalue weighted by molar-refractivity contribution is -0.137. The Bertz CT molecular complexity index is 549. The van der Waals surface area contributed by atoms with Gasteiger partial charge in [0, 0.05) is 37.9 Å². The summed E-state index contributed by atoms with van der Waals surface area (Å²) in [6.07, 6.45) is -1.96. The Hall–Kier alpha value is -1.50. The van der Waals surface area contributed by atoms with E-state index >= 15 is 0 Å². The van der Waals surface area contributed by atoms with Crippen molar-refractivity contribution >= 4 is 23.0 Å². The Kier molecular flexibility index (Phi) is 4.16. The first-order chi connectivity index (χ1) is 10.4. The van der Waals surface area contributed by atoms with Gasteiger partial charge in [-0.1, -0.05) is 6.07 Å². The highest BCUT2D eigenvalue weighted by molar-refractivity contribution is 7.80. The molecule has 2 aliphatic rings. The molecule has 0 atom stereocenters. The summed E-state index contributed by atoms with van der Waals surface area (Å²) in [5.41, 5.74) is 0.0221. The van der Waals surface area contributed by atoms with Crippen molar-refractivity contribution in [3.8, 4) is 0 Å². The maximum Gasteiger partial charge on any atom is 0.416 e. The maximum atomic E-state index is 12.8. The van der Waals surface area contributed by atoms with Crippen LogP contribution in [0.4, 0.5) is 18.9 Å². The van der Waals surface area contributed by atoms with Crippen molar-refractivity contribution in [1.29, 1.82) is 0 Å². The molecule has 120 valence electrons. The number of anilines is 1. The van der Waals surface area contributed by atoms with Crippen molar-refractivity contribution in [2.75, 3.05) is 31.1 Å². The molecule has 1 saturated heterocycles. The standard InChI is InChI=1S/C15H18F3N3S/c16-15(17,18)11-2-1-3-13(10-11)20-6-8-21(9-7-20)14(22)19-12-4-5-12/h1-3,10,12H,4-9H2,(H,19,22). The van der Waals surface area contributed by atoms with E-state index < -0.39 is 11.7 Å². The van der Waals surface area contributed by atoms with Crippen molar-refractivity contribution in [2.45, 2.75) is 25.1 Å². The van der Waals surface area contributed by atoms with Gasteiger partial charge in [0.2, 0.25) is 0 Å². The monoisotopic (exact) mass is 329 g/mol. The molecule has 0 amide bonds. The number of nitrogens with one attached hydrogen (secondary N) is 1. The molecule has 1 aliphatic heterocycles. The van der Waals surface area contributed by atoms with Crippen LogP contribution in [0.25, 0.3) is 0 Å². The van der Waals surface area contributed by atoms with E-state index in [-0.39, 0.29) is 0 Å². The second-order valence-electron chi connectivity index (χ2n) is 5.75. The summed E-state index contributed by atoms with van der Waals surface area (Å²) in [5.74, 6) is 0. The van der Waals surface area contributed by atoms with Crippen LogP contribution >= 0.6 is 12.2 Å². The van der Waals surface area contributed by atoms with Gasteiger partial charge in [0.15, 0.2) is 5.11 Å². The molecule has 2 fully saturated rings. The van der Waals surface area contributed by atoms with Gasteiger partial charge in [0.1, 0.15) is 0 Å². The second kappa shape index (κ2) is 5.95. The van der Waals surface area contributed by atoms with E-state index in [1.165, 1.54) is 25.0 Å². The van der Waals surface area contributed by atoms with Crippen LogP contribution in [0.3, 0.4) is 0 Å². The molecule has 3 nitrogen and oxygen atoms in total. The lowest BCUT2D eigenvalue weighted by atomic mass is 10.1. The number of alkyl halides is 3. The van der Waals surface area contributed by atoms with Gasteiger partial charge in [-0.15, -0.1) is 0 Å². The van der Waals surface area contributed by atoms with Gasteiger partial charge >= 0.3 is 6.18 Å². The van der Waals surface area contributed by atoms with E-state index in [9.17, 15) is 13.2 Å². The number of nitrogens with zero attached hydrogens (tertiary/aromatic N) is 2. The topological polar surface area (TPSA) is 18.5 Å². The molecule has 1 heterocycles. The summed E-state index contributed by atoms with van der Waals surface area (Å²) in [6.45, 7) is 2.81. The highest BCUT2D eigenvalue weighted by Gasteiger charge is 2.31. The number of hydrogen-bond donors (Lipinski definition) is 1. The van der Waals surface area contributed by atoms with Gasteiger partial charge < -0.3 is 15.1 Å². The van der Waals surface area contributed by atoms with Crippen molar-refractivity contribution in [1.82, 2.24) is 10.2 Å². The zero-order chi connectivity index (χ0) is 15.7. The first kappa shape index (κ1) is 15.4. The van der Waals surface area contributed by atoms with Crippen LogP contribution < -0.4 is 10.2 Å². The summed E-state index contributed by atoms with van der Waals surface area (Å²) in [4.78, 5) is 4.07. The second-order valence-corrected chi connectivity index (χ2v) is 6.13. The van der Waals surface area contributed by atoms with Crippen LogP contribution in [0.15, 0.2) is 24.3 Å². The van der Waals surface area contributed by atoms with Crippen LogP contribution in [0.1, 0.15) is 18.4 Å². The fourth-order valence-electron chi connectivity index (χ4n) is 2.54. The number of thiocarbonyl (C=S) groups is 1. The van der Waals surface area contributed by atoms with E-state index in [0.717, 1.165) is 24.3 Å². The summed E-state index contributed by atoms with van der Waals surface area (Å²) in [6, 6.07) is 6.04. The molecule has 0 spiro atoms. The van der Waals surface area contributed by atoms with E-state index in [1.807, 2.05) is 4.90 Å². The van der Waals surface area contributed by atoms with E-state index in [1.54, 1.807) is 6.07 Å². The highest BCUT2D eigenvalue weighted by atomic mass is 32.1. The summed E-state index contributed by atoms with van der Waals surface area (Å²) < 4.78 is 38.3. The van der Waals surface area contributed by atoms with Crippen molar-refractivity contribution in [2.24, 2.45) is 0 Å². The Morgan fingerprint density at radius 3 is 2.41 bits per heavy atom. The molecular weight excluding hydrogens is 311 g/mol. The SMILES string of the molecule is FC(F)(F)c1cccc(N2CCN(C(=S)NC3CC3)CC2)c1. The largest absolute Gasteiger partial charge is 0.416 e. The molecule has 0 bridgehead atoms. The van der Waals surface area contributed by atoms with E-state index in [0.29, 0.717) is 24.8 Å². The van der Waals surface area contributed by atoms with Gasteiger partial charge in [0.25, 0.3) is 0 Å². The van der Waals surface area contributed by atoms with Crippen molar-refractivity contribution in [3.05, 3.63) is 29.8 Å². The minimum atomic E-state index is -4.30. The molecule has 0 unspecified atom stereocenters. The van der Waals surface area contributed by atoms with Gasteiger partial charge in [-0.2, -0.15) is 13.2 Å². The molecule has 1 N–H and O–H groups in total. The quantitative estimate of drug-likeness (QED) is 0.841. The van der Waals surface area contributed by atoms with Gasteiger partial charge in [-0.3, -0.25) is 0 Å². The van der Waals surface area contributed by atoms with E-state index in [2.05, 4.69) is 10.2 Å². The molecule has 1 saturated carbocycles. The van der Waals surface area contributed by atoms with Crippen LogP contribution in [0, 0.1) is 0 Å². The average molecular weight is 329 g/mol. The lowest BCUT2D eigenvalue weighted by Crippen LogP contribution is -2.52. The zero-order valence-electron chi connectivity index (χ0n) is 12.1. The summed E-state index contributed by atoms with van der Waals surface area (Å²) in [5, 5.41) is 4.07. The normalized spacial score (nSPS) is 19.2.